The number of ketones is 1. The number of rotatable bonds is 11. The molecule has 0 aliphatic carbocycles. The zero-order valence-corrected chi connectivity index (χ0v) is 58.6. The number of amides is 3. The van der Waals surface area contributed by atoms with Crippen LogP contribution in [-0.2, 0) is 38.1 Å². The van der Waals surface area contributed by atoms with E-state index in [0.717, 1.165) is 32.3 Å². The molecule has 4 saturated heterocycles. The zero-order chi connectivity index (χ0) is 88.2. The Balaban J connectivity index is 0.000000714. The summed E-state index contributed by atoms with van der Waals surface area (Å²) >= 11 is 6.41. The van der Waals surface area contributed by atoms with Gasteiger partial charge in [-0.25, -0.2) is 19.2 Å². The number of alkyl halides is 13. The topological polar surface area (TPSA) is 523 Å². The lowest BCUT2D eigenvalue weighted by Gasteiger charge is -2.14. The summed E-state index contributed by atoms with van der Waals surface area (Å²) in [5.74, 6) is 6.96. The molecule has 0 spiro atoms. The van der Waals surface area contributed by atoms with Gasteiger partial charge in [-0.1, -0.05) is 35.5 Å². The maximum atomic E-state index is 12.0. The molecule has 35 nitrogen and oxygen atoms in total. The van der Waals surface area contributed by atoms with Gasteiger partial charge in [0.1, 0.15) is 53.8 Å². The molecule has 4 aromatic heterocycles. The van der Waals surface area contributed by atoms with Gasteiger partial charge in [0.25, 0.3) is 22.2 Å². The second-order valence-corrected chi connectivity index (χ2v) is 22.1. The Hall–Kier alpha value is -9.26. The number of aliphatic hydroxyl groups excluding tert-OH is 8. The highest BCUT2D eigenvalue weighted by Gasteiger charge is 2.42. The van der Waals surface area contributed by atoms with Gasteiger partial charge in [0.15, 0.2) is 0 Å². The standard InChI is InChI=1S/C14H14F3N3O6.2C14H14F3N3O5.C9H11IN2O5.C6H5F3O.CH3Cl.2CH4O/c15-14(16,17)12(24)18-3-1-2-7-5-20(13(25)19-11(7)23)10-4-8(22)9(6-21)26-10;2*1-7-9(21)5-10(25-7)20-6-8(11(22)19-13(20)24)3-2-4-18-12(23)14(15,16)17;10-4-2-12(9(16)11-8(4)15)7-1-5(14)6(3-13)17-7;1-2-3-4-5(10)6(7,8)9;3*1-2/h5,8-10,21-22H,3-4,6H2,(H,18,24)(H,19,23,25);2*6-7,9-10,21H,4-5H2,1H3,(H,18,23)(H,19,22,24);2,5-7,13-14H,1,3H2,(H,11,15,16);1H,3-4H2;1H3;2*2H,1H3/i;2*1D;;;1TD;2*2T. The highest BCUT2D eigenvalue weighted by molar-refractivity contribution is 14.1. The molecule has 13 atom stereocenters. The Labute approximate surface area is 630 Å². The smallest absolute Gasteiger partial charge is 0.400 e. The van der Waals surface area contributed by atoms with E-state index in [1.165, 1.54) is 40.9 Å². The van der Waals surface area contributed by atoms with E-state index in [4.69, 9.17) is 37.5 Å². The molecule has 3 amide bonds. The molecule has 0 radical (unpaired) electrons. The van der Waals surface area contributed by atoms with Gasteiger partial charge >= 0.3 is 65.2 Å². The molecule has 0 saturated carbocycles. The van der Waals surface area contributed by atoms with Crippen LogP contribution in [0.15, 0.2) is 63.1 Å². The molecule has 0 bridgehead atoms. The van der Waals surface area contributed by atoms with Gasteiger partial charge in [-0.2, -0.15) is 52.7 Å². The molecule has 4 fully saturated rings. The van der Waals surface area contributed by atoms with Crippen LogP contribution in [0, 0.1) is 51.4 Å². The van der Waals surface area contributed by atoms with Crippen LogP contribution in [0.4, 0.5) is 52.7 Å². The van der Waals surface area contributed by atoms with Crippen LogP contribution in [0.3, 0.4) is 0 Å². The number of aromatic amines is 4. The largest absolute Gasteiger partial charge is 0.471 e. The lowest BCUT2D eigenvalue weighted by Crippen LogP contribution is -2.37. The number of carbonyl (C=O) groups is 4. The highest BCUT2D eigenvalue weighted by Crippen LogP contribution is 2.31. The summed E-state index contributed by atoms with van der Waals surface area (Å²) in [5.41, 5.74) is -6.88. The van der Waals surface area contributed by atoms with E-state index in [9.17, 15) is 131 Å². The predicted octanol–water partition coefficient (Wildman–Crippen LogP) is -2.94. The third-order valence-electron chi connectivity index (χ3n) is 13.5. The number of hydrogen-bond acceptors (Lipinski definition) is 24. The van der Waals surface area contributed by atoms with Gasteiger partial charge in [0, 0.05) is 89.3 Å². The minimum absolute atomic E-state index is 0.0179. The monoisotopic (exact) mass is 1730 g/mol. The molecular formula is C60H69ClF12IN11O24. The van der Waals surface area contributed by atoms with Crippen LogP contribution >= 0.6 is 34.2 Å². The fraction of sp³-hybridized carbons (Fsp3) is 0.533. The molecule has 49 heteroatoms. The van der Waals surface area contributed by atoms with Crippen molar-refractivity contribution in [3.63, 3.8) is 0 Å². The lowest BCUT2D eigenvalue weighted by atomic mass is 10.2. The molecule has 8 heterocycles. The van der Waals surface area contributed by atoms with Crippen LogP contribution in [-0.4, -0.2) is 232 Å². The van der Waals surface area contributed by atoms with Crippen LogP contribution in [0.1, 0.15) is 99.4 Å². The first-order valence-electron chi connectivity index (χ1n) is 33.1. The number of ether oxygens (including phenoxy) is 4. The van der Waals surface area contributed by atoms with E-state index in [1.807, 2.05) is 20.9 Å². The van der Waals surface area contributed by atoms with Gasteiger partial charge in [0.2, 0.25) is 8.65 Å². The first kappa shape index (κ1) is 87.0. The summed E-state index contributed by atoms with van der Waals surface area (Å²) in [6.07, 6.45) is -22.8. The van der Waals surface area contributed by atoms with E-state index in [1.54, 1.807) is 22.6 Å². The first-order chi connectivity index (χ1) is 53.5. The molecular weight excluding hydrogens is 1650 g/mol. The molecule has 13 unspecified atom stereocenters. The Morgan fingerprint density at radius 2 is 0.826 bits per heavy atom. The van der Waals surface area contributed by atoms with Crippen molar-refractivity contribution in [2.75, 3.05) is 53.4 Å². The Morgan fingerprint density at radius 3 is 1.07 bits per heavy atom. The SMILES string of the molecule is C#CCCC(=O)C(F)(F)F.O=C(NCC#Cc1cn(C2CC(O)C(CO)O2)c(=O)[nH]c1=O)C(F)(F)F.O=c1[nH]c(=O)n(C2CC(O)C(CO)O2)cc1I.[2H]C([3H])Cl.[2H]CC1OC(n2cc(C#CCNC(=O)C(F)(F)F)c(=O)[nH]c2=O)CC1O.[2H]CC1OC(n2cc(C#CCNC(=O)C(F)(F)F)c(=O)[nH]c2=O)CC1O.[3H]OC.[3H]OC. The van der Waals surface area contributed by atoms with Gasteiger partial charge in [-0.15, -0.1) is 23.9 Å². The second-order valence-electron chi connectivity index (χ2n) is 20.9. The van der Waals surface area contributed by atoms with E-state index >= 15 is 0 Å². The molecule has 15 N–H and O–H groups in total. The van der Waals surface area contributed by atoms with Crippen LogP contribution in [0.5, 0.6) is 0 Å². The normalized spacial score (nSPS) is 22.5. The third kappa shape index (κ3) is 31.3. The number of hydrogen-bond donors (Lipinski definition) is 15. The highest BCUT2D eigenvalue weighted by atomic mass is 127. The van der Waals surface area contributed by atoms with Crippen LogP contribution < -0.4 is 60.9 Å². The molecule has 606 valence electrons. The Bertz CT molecular complexity index is 4280. The minimum Gasteiger partial charge on any atom is -0.400 e. The van der Waals surface area contributed by atoms with Gasteiger partial charge < -0.3 is 75.8 Å². The number of nitrogens with zero attached hydrogens (tertiary/aromatic N) is 4. The summed E-state index contributed by atoms with van der Waals surface area (Å²) in [4.78, 5) is 143. The number of aliphatic hydroxyl groups is 8. The predicted molar refractivity (Wildman–Crippen MR) is 357 cm³/mol. The molecule has 8 rings (SSSR count). The summed E-state index contributed by atoms with van der Waals surface area (Å²) < 4.78 is 206. The van der Waals surface area contributed by atoms with Crippen molar-refractivity contribution < 1.29 is 137 Å². The number of carbonyl (C=O) groups excluding carboxylic acids is 4. The first-order valence-corrected chi connectivity index (χ1v) is 31.2. The van der Waals surface area contributed by atoms with Crippen molar-refractivity contribution in [2.24, 2.45) is 0 Å². The van der Waals surface area contributed by atoms with Crippen LogP contribution in [0.25, 0.3) is 0 Å². The summed E-state index contributed by atoms with van der Waals surface area (Å²) in [5, 5.41) is 68.2. The second kappa shape index (κ2) is 45.7. The molecule has 4 aliphatic rings. The molecule has 0 aromatic carbocycles. The average Bonchev–Trinajstić information content (AvgIpc) is 1.73. The number of aromatic nitrogens is 8. The van der Waals surface area contributed by atoms with Crippen molar-refractivity contribution in [1.29, 1.82) is 2.86 Å². The number of halogens is 14. The molecule has 109 heavy (non-hydrogen) atoms. The van der Waals surface area contributed by atoms with Crippen molar-refractivity contribution in [1.82, 2.24) is 54.2 Å². The number of terminal acetylenes is 1. The van der Waals surface area contributed by atoms with Crippen molar-refractivity contribution in [2.45, 2.75) is 151 Å². The summed E-state index contributed by atoms with van der Waals surface area (Å²) in [6, 6.07) is 0. The fourth-order valence-electron chi connectivity index (χ4n) is 8.33. The maximum absolute atomic E-state index is 12.0. The maximum Gasteiger partial charge on any atom is 0.471 e. The van der Waals surface area contributed by atoms with Gasteiger partial charge in [-0.05, 0) is 36.4 Å². The van der Waals surface area contributed by atoms with E-state index < -0.39 is 206 Å². The van der Waals surface area contributed by atoms with Gasteiger partial charge in [-0.3, -0.25) is 76.6 Å². The number of Topliss-reactive ketones (excluding diaryl/α,β-unsaturated/α-hetero) is 1. The number of H-pyrrole nitrogens is 4. The number of nitrogens with one attached hydrogen (secondary N) is 7. The van der Waals surface area contributed by atoms with Crippen LogP contribution in [0.2, 0.25) is 0 Å². The lowest BCUT2D eigenvalue weighted by molar-refractivity contribution is -0.173. The summed E-state index contributed by atoms with van der Waals surface area (Å²) in [7, 11) is 2.58. The van der Waals surface area contributed by atoms with Crippen molar-refractivity contribution >= 4 is 57.7 Å². The molecule has 4 aromatic rings. The van der Waals surface area contributed by atoms with E-state index in [-0.39, 0.29) is 69.2 Å². The molecule has 4 aliphatic heterocycles. The van der Waals surface area contributed by atoms with Crippen molar-refractivity contribution in [3.8, 4) is 47.9 Å². The summed E-state index contributed by atoms with van der Waals surface area (Å²) in [6.45, 7) is -3.20. The minimum atomic E-state index is -5.05. The van der Waals surface area contributed by atoms with E-state index in [2.05, 4.69) is 68.7 Å². The van der Waals surface area contributed by atoms with Crippen molar-refractivity contribution in [3.05, 3.63) is 128 Å². The van der Waals surface area contributed by atoms with Gasteiger partial charge in [0.05, 0.1) is 73.0 Å². The quantitative estimate of drug-likeness (QED) is 0.0309. The van der Waals surface area contributed by atoms with E-state index in [0.29, 0.717) is 3.57 Å². The zero-order valence-electron chi connectivity index (χ0n) is 61.7. The Morgan fingerprint density at radius 1 is 0.550 bits per heavy atom. The Kier molecular flexibility index (Phi) is 36.4. The third-order valence-corrected chi connectivity index (χ3v) is 14.3. The average molecular weight is 1730 g/mol. The fourth-order valence-corrected chi connectivity index (χ4v) is 8.77.